The second-order valence-corrected chi connectivity index (χ2v) is 2.09. The van der Waals surface area contributed by atoms with Crippen LogP contribution < -0.4 is 0 Å². The van der Waals surface area contributed by atoms with E-state index in [4.69, 9.17) is 0 Å². The Bertz CT molecular complexity index is 153. The molecule has 0 N–H and O–H groups in total. The highest BCUT2D eigenvalue weighted by Gasteiger charge is 1.81. The Hall–Kier alpha value is -0.780. The monoisotopic (exact) mass is 119 g/mol. The first-order valence-corrected chi connectivity index (χ1v) is 3.26. The van der Waals surface area contributed by atoms with Crippen molar-refractivity contribution in [2.24, 2.45) is 0 Å². The van der Waals surface area contributed by atoms with Crippen LogP contribution >= 0.6 is 0 Å². The molecule has 0 amide bonds. The zero-order valence-electron chi connectivity index (χ0n) is 5.51. The van der Waals surface area contributed by atoms with Gasteiger partial charge in [0.15, 0.2) is 0 Å². The molecule has 48 valence electrons. The molecular weight excluding hydrogens is 108 g/mol. The quantitative estimate of drug-likeness (QED) is 0.524. The summed E-state index contributed by atoms with van der Waals surface area (Å²) in [7, 11) is 0. The van der Waals surface area contributed by atoms with Gasteiger partial charge < -0.3 is 6.92 Å². The van der Waals surface area contributed by atoms with Crippen LogP contribution in [0.3, 0.4) is 0 Å². The van der Waals surface area contributed by atoms with Gasteiger partial charge in [-0.15, -0.1) is 0 Å². The summed E-state index contributed by atoms with van der Waals surface area (Å²) in [6.45, 7) is 3.78. The van der Waals surface area contributed by atoms with E-state index in [0.29, 0.717) is 0 Å². The minimum atomic E-state index is 0.990. The molecule has 0 radical (unpaired) electrons. The van der Waals surface area contributed by atoms with Crippen LogP contribution in [0.15, 0.2) is 30.3 Å². The van der Waals surface area contributed by atoms with Crippen molar-refractivity contribution in [1.82, 2.24) is 0 Å². The minimum absolute atomic E-state index is 0.990. The summed E-state index contributed by atoms with van der Waals surface area (Å²) >= 11 is 0. The molecule has 0 bridgehead atoms. The summed E-state index contributed by atoms with van der Waals surface area (Å²) in [5.41, 5.74) is 1.38. The summed E-state index contributed by atoms with van der Waals surface area (Å²) < 4.78 is 0. The van der Waals surface area contributed by atoms with Crippen LogP contribution in [0.1, 0.15) is 12.0 Å². The Labute approximate surface area is 56.5 Å². The van der Waals surface area contributed by atoms with E-state index < -0.39 is 0 Å². The van der Waals surface area contributed by atoms with Crippen LogP contribution in [0.5, 0.6) is 0 Å². The topological polar surface area (TPSA) is 0 Å². The van der Waals surface area contributed by atoms with Crippen LogP contribution in [-0.2, 0) is 6.42 Å². The maximum atomic E-state index is 3.78. The average molecular weight is 119 g/mol. The fourth-order valence-corrected chi connectivity index (χ4v) is 0.849. The van der Waals surface area contributed by atoms with Crippen molar-refractivity contribution in [1.29, 1.82) is 0 Å². The van der Waals surface area contributed by atoms with Gasteiger partial charge in [0, 0.05) is 0 Å². The van der Waals surface area contributed by atoms with Crippen molar-refractivity contribution in [3.8, 4) is 0 Å². The molecule has 1 aromatic rings. The highest BCUT2D eigenvalue weighted by molar-refractivity contribution is 5.14. The molecule has 0 aliphatic rings. The number of hydrogen-bond donors (Lipinski definition) is 0. The van der Waals surface area contributed by atoms with Crippen LogP contribution in [-0.4, -0.2) is 0 Å². The van der Waals surface area contributed by atoms with Crippen LogP contribution in [0.4, 0.5) is 0 Å². The van der Waals surface area contributed by atoms with Gasteiger partial charge in [-0.25, -0.2) is 0 Å². The first kappa shape index (κ1) is 6.34. The van der Waals surface area contributed by atoms with Gasteiger partial charge in [0.05, 0.1) is 0 Å². The first-order chi connectivity index (χ1) is 4.43. The van der Waals surface area contributed by atoms with Crippen molar-refractivity contribution < 1.29 is 0 Å². The Kier molecular flexibility index (Phi) is 2.32. The summed E-state index contributed by atoms with van der Waals surface area (Å²) in [5.74, 6) is 0. The Morgan fingerprint density at radius 2 is 1.78 bits per heavy atom. The standard InChI is InChI=1S/C9H11/c1-2-6-9-7-4-3-5-8-9/h3-5,7-8H,1-2,6H2/q-1. The SMILES string of the molecule is [CH2-]CCc1ccccc1. The van der Waals surface area contributed by atoms with Gasteiger partial charge in [-0.05, 0) is 0 Å². The molecule has 0 atom stereocenters. The highest BCUT2D eigenvalue weighted by Crippen LogP contribution is 2.00. The van der Waals surface area contributed by atoms with Gasteiger partial charge in [0.2, 0.25) is 0 Å². The number of rotatable bonds is 2. The lowest BCUT2D eigenvalue weighted by Gasteiger charge is -1.97. The highest BCUT2D eigenvalue weighted by atomic mass is 13.9. The first-order valence-electron chi connectivity index (χ1n) is 3.26. The second kappa shape index (κ2) is 3.29. The molecule has 1 aromatic carbocycles. The van der Waals surface area contributed by atoms with Crippen LogP contribution in [0.25, 0.3) is 0 Å². The molecule has 0 heteroatoms. The van der Waals surface area contributed by atoms with Crippen molar-refractivity contribution in [3.05, 3.63) is 42.8 Å². The van der Waals surface area contributed by atoms with Gasteiger partial charge in [-0.3, -0.25) is 0 Å². The number of benzene rings is 1. The number of hydrogen-bond acceptors (Lipinski definition) is 0. The van der Waals surface area contributed by atoms with Gasteiger partial charge in [0.1, 0.15) is 0 Å². The molecule has 0 saturated heterocycles. The molecule has 0 saturated carbocycles. The van der Waals surface area contributed by atoms with E-state index >= 15 is 0 Å². The summed E-state index contributed by atoms with van der Waals surface area (Å²) in [6, 6.07) is 10.4. The third-order valence-corrected chi connectivity index (χ3v) is 1.31. The minimum Gasteiger partial charge on any atom is -0.343 e. The van der Waals surface area contributed by atoms with Crippen LogP contribution in [0.2, 0.25) is 0 Å². The molecule has 0 heterocycles. The van der Waals surface area contributed by atoms with Crippen molar-refractivity contribution in [2.45, 2.75) is 12.8 Å². The fourth-order valence-electron chi connectivity index (χ4n) is 0.849. The molecule has 0 spiro atoms. The smallest absolute Gasteiger partial charge is 0.0506 e. The number of aryl methyl sites for hydroxylation is 1. The third-order valence-electron chi connectivity index (χ3n) is 1.31. The molecule has 0 nitrogen and oxygen atoms in total. The van der Waals surface area contributed by atoms with Crippen molar-refractivity contribution >= 4 is 0 Å². The zero-order valence-corrected chi connectivity index (χ0v) is 5.51. The van der Waals surface area contributed by atoms with Crippen molar-refractivity contribution in [2.75, 3.05) is 0 Å². The lowest BCUT2D eigenvalue weighted by Crippen LogP contribution is -1.79. The molecule has 0 aliphatic heterocycles. The maximum absolute atomic E-state index is 3.78. The van der Waals surface area contributed by atoms with Gasteiger partial charge in [-0.1, -0.05) is 42.3 Å². The molecule has 0 unspecified atom stereocenters. The molecular formula is C9H11-. The lowest BCUT2D eigenvalue weighted by atomic mass is 10.1. The van der Waals surface area contributed by atoms with E-state index in [1.165, 1.54) is 5.56 Å². The van der Waals surface area contributed by atoms with E-state index in [1.807, 2.05) is 6.07 Å². The van der Waals surface area contributed by atoms with Gasteiger partial charge in [-0.2, -0.15) is 6.42 Å². The van der Waals surface area contributed by atoms with Gasteiger partial charge in [0.25, 0.3) is 0 Å². The normalized spacial score (nSPS) is 9.44. The summed E-state index contributed by atoms with van der Waals surface area (Å²) in [4.78, 5) is 0. The predicted octanol–water partition coefficient (Wildman–Crippen LogP) is 2.45. The zero-order chi connectivity index (χ0) is 6.53. The second-order valence-electron chi connectivity index (χ2n) is 2.09. The Balaban J connectivity index is 2.61. The lowest BCUT2D eigenvalue weighted by molar-refractivity contribution is 1.000. The molecule has 0 aliphatic carbocycles. The average Bonchev–Trinajstić information content (AvgIpc) is 1.91. The van der Waals surface area contributed by atoms with Crippen LogP contribution in [0, 0.1) is 6.92 Å². The van der Waals surface area contributed by atoms with Gasteiger partial charge >= 0.3 is 0 Å². The third kappa shape index (κ3) is 1.88. The predicted molar refractivity (Wildman–Crippen MR) is 40.1 cm³/mol. The molecule has 0 fully saturated rings. The Morgan fingerprint density at radius 1 is 1.11 bits per heavy atom. The molecule has 1 rings (SSSR count). The van der Waals surface area contributed by atoms with Crippen molar-refractivity contribution in [3.63, 3.8) is 0 Å². The molecule has 0 aromatic heterocycles. The van der Waals surface area contributed by atoms with E-state index in [9.17, 15) is 0 Å². The summed E-state index contributed by atoms with van der Waals surface area (Å²) in [5, 5.41) is 0. The maximum Gasteiger partial charge on any atom is -0.0506 e. The van der Waals surface area contributed by atoms with E-state index in [0.717, 1.165) is 12.8 Å². The van der Waals surface area contributed by atoms with E-state index in [-0.39, 0.29) is 0 Å². The van der Waals surface area contributed by atoms with E-state index in [1.54, 1.807) is 0 Å². The largest absolute Gasteiger partial charge is 0.343 e. The van der Waals surface area contributed by atoms with E-state index in [2.05, 4.69) is 31.2 Å². The fraction of sp³-hybridized carbons (Fsp3) is 0.222. The summed E-state index contributed by atoms with van der Waals surface area (Å²) in [6.07, 6.45) is 2.09. The molecule has 9 heavy (non-hydrogen) atoms. The Morgan fingerprint density at radius 3 is 2.33 bits per heavy atom.